The van der Waals surface area contributed by atoms with Gasteiger partial charge in [0.05, 0.1) is 23.9 Å². The lowest BCUT2D eigenvalue weighted by atomic mass is 10.1. The van der Waals surface area contributed by atoms with E-state index in [2.05, 4.69) is 25.6 Å². The molecule has 0 amide bonds. The Balaban J connectivity index is 1.65. The molecule has 3 aromatic rings. The van der Waals surface area contributed by atoms with E-state index in [0.717, 1.165) is 47.8 Å². The number of pyridine rings is 2. The molecule has 0 radical (unpaired) electrons. The van der Waals surface area contributed by atoms with E-state index in [1.54, 1.807) is 12.4 Å². The van der Waals surface area contributed by atoms with Gasteiger partial charge < -0.3 is 20.3 Å². The second-order valence-corrected chi connectivity index (χ2v) is 6.66. The third kappa shape index (κ3) is 3.96. The van der Waals surface area contributed by atoms with Crippen LogP contribution >= 0.6 is 0 Å². The number of nitrogens with zero attached hydrogens (tertiary/aromatic N) is 5. The molecule has 4 rings (SSSR count). The summed E-state index contributed by atoms with van der Waals surface area (Å²) in [7, 11) is 3.94. The van der Waals surface area contributed by atoms with Crippen molar-refractivity contribution in [3.63, 3.8) is 0 Å². The Morgan fingerprint density at radius 1 is 1.22 bits per heavy atom. The predicted molar refractivity (Wildman–Crippen MR) is 106 cm³/mol. The maximum absolute atomic E-state index is 5.76. The first-order chi connectivity index (χ1) is 13.2. The van der Waals surface area contributed by atoms with E-state index < -0.39 is 0 Å². The lowest BCUT2D eigenvalue weighted by Crippen LogP contribution is -2.42. The predicted octanol–water partition coefficient (Wildman–Crippen LogP) is 1.55. The van der Waals surface area contributed by atoms with Crippen LogP contribution in [0.5, 0.6) is 0 Å². The van der Waals surface area contributed by atoms with Crippen molar-refractivity contribution in [2.24, 2.45) is 0 Å². The summed E-state index contributed by atoms with van der Waals surface area (Å²) in [6, 6.07) is 5.94. The zero-order chi connectivity index (χ0) is 18.6. The Morgan fingerprint density at radius 3 is 2.85 bits per heavy atom. The Labute approximate surface area is 158 Å². The molecular weight excluding hydrogens is 342 g/mol. The van der Waals surface area contributed by atoms with Gasteiger partial charge in [0.2, 0.25) is 0 Å². The van der Waals surface area contributed by atoms with Crippen molar-refractivity contribution < 1.29 is 4.74 Å². The smallest absolute Gasteiger partial charge is 0.154 e. The summed E-state index contributed by atoms with van der Waals surface area (Å²) >= 11 is 0. The van der Waals surface area contributed by atoms with Gasteiger partial charge in [-0.05, 0) is 18.2 Å². The van der Waals surface area contributed by atoms with E-state index in [4.69, 9.17) is 9.72 Å². The van der Waals surface area contributed by atoms with Crippen molar-refractivity contribution >= 4 is 22.7 Å². The molecule has 1 fully saturated rings. The molecule has 1 saturated heterocycles. The number of anilines is 2. The zero-order valence-electron chi connectivity index (χ0n) is 15.5. The minimum absolute atomic E-state index is 0.108. The normalized spacial score (nSPS) is 17.0. The maximum Gasteiger partial charge on any atom is 0.154 e. The fourth-order valence-corrected chi connectivity index (χ4v) is 3.01. The Kier molecular flexibility index (Phi) is 5.08. The number of rotatable bonds is 5. The molecule has 27 heavy (non-hydrogen) atoms. The number of morpholine rings is 1. The minimum Gasteiger partial charge on any atom is -0.374 e. The molecule has 8 nitrogen and oxygen atoms in total. The van der Waals surface area contributed by atoms with Crippen LogP contribution in [0.1, 0.15) is 0 Å². The van der Waals surface area contributed by atoms with Crippen molar-refractivity contribution in [3.05, 3.63) is 36.8 Å². The number of fused-ring (bicyclic) bond motifs is 1. The molecule has 0 saturated carbocycles. The molecule has 0 bridgehead atoms. The number of ether oxygens (including phenoxy) is 1. The SMILES string of the molecule is CN(C)c1ccc(-c2cc3nccnc3c(NCC3CNCCO3)n2)cn1. The van der Waals surface area contributed by atoms with Gasteiger partial charge in [-0.1, -0.05) is 0 Å². The topological polar surface area (TPSA) is 88.1 Å². The van der Waals surface area contributed by atoms with E-state index in [1.807, 2.05) is 43.4 Å². The molecule has 1 aliphatic heterocycles. The van der Waals surface area contributed by atoms with Crippen molar-refractivity contribution in [1.82, 2.24) is 25.3 Å². The summed E-state index contributed by atoms with van der Waals surface area (Å²) in [5.74, 6) is 1.61. The van der Waals surface area contributed by atoms with Gasteiger partial charge in [-0.25, -0.2) is 15.0 Å². The highest BCUT2D eigenvalue weighted by atomic mass is 16.5. The third-order valence-electron chi connectivity index (χ3n) is 4.46. The fraction of sp³-hybridized carbons (Fsp3) is 0.368. The molecule has 1 aliphatic rings. The molecular formula is C19H23N7O. The van der Waals surface area contributed by atoms with Gasteiger partial charge in [-0.2, -0.15) is 0 Å². The summed E-state index contributed by atoms with van der Waals surface area (Å²) < 4.78 is 5.76. The first-order valence-electron chi connectivity index (χ1n) is 9.02. The highest BCUT2D eigenvalue weighted by molar-refractivity contribution is 5.88. The van der Waals surface area contributed by atoms with Gasteiger partial charge in [0.15, 0.2) is 5.82 Å². The lowest BCUT2D eigenvalue weighted by Gasteiger charge is -2.24. The number of hydrogen-bond acceptors (Lipinski definition) is 8. The van der Waals surface area contributed by atoms with Gasteiger partial charge in [0, 0.05) is 57.9 Å². The molecule has 1 unspecified atom stereocenters. The Bertz CT molecular complexity index is 908. The summed E-state index contributed by atoms with van der Waals surface area (Å²) in [6.45, 7) is 3.11. The van der Waals surface area contributed by atoms with Crippen LogP contribution in [0.15, 0.2) is 36.8 Å². The van der Waals surface area contributed by atoms with Crippen LogP contribution in [0.4, 0.5) is 11.6 Å². The molecule has 1 atom stereocenters. The quantitative estimate of drug-likeness (QED) is 0.704. The maximum atomic E-state index is 5.76. The van der Waals surface area contributed by atoms with E-state index >= 15 is 0 Å². The first-order valence-corrected chi connectivity index (χ1v) is 9.02. The highest BCUT2D eigenvalue weighted by Crippen LogP contribution is 2.25. The van der Waals surface area contributed by atoms with Crippen LogP contribution in [0.2, 0.25) is 0 Å². The second kappa shape index (κ2) is 7.81. The zero-order valence-corrected chi connectivity index (χ0v) is 15.5. The third-order valence-corrected chi connectivity index (χ3v) is 4.46. The standard InChI is InChI=1S/C19H23N7O/c1-26(2)17-4-3-13(10-23-17)15-9-16-18(22-6-5-21-16)19(25-15)24-12-14-11-20-7-8-27-14/h3-6,9-10,14,20H,7-8,11-12H2,1-2H3,(H,24,25). The lowest BCUT2D eigenvalue weighted by molar-refractivity contribution is 0.0372. The minimum atomic E-state index is 0.108. The van der Waals surface area contributed by atoms with Gasteiger partial charge in [-0.15, -0.1) is 0 Å². The van der Waals surface area contributed by atoms with Crippen molar-refractivity contribution in [3.8, 4) is 11.3 Å². The molecule has 3 aromatic heterocycles. The molecule has 2 N–H and O–H groups in total. The summed E-state index contributed by atoms with van der Waals surface area (Å²) in [5.41, 5.74) is 3.30. The van der Waals surface area contributed by atoms with Crippen molar-refractivity contribution in [1.29, 1.82) is 0 Å². The fourth-order valence-electron chi connectivity index (χ4n) is 3.01. The van der Waals surface area contributed by atoms with Gasteiger partial charge in [0.25, 0.3) is 0 Å². The van der Waals surface area contributed by atoms with E-state index in [-0.39, 0.29) is 6.10 Å². The average Bonchev–Trinajstić information content (AvgIpc) is 2.72. The van der Waals surface area contributed by atoms with Crippen LogP contribution in [0, 0.1) is 0 Å². The molecule has 8 heteroatoms. The molecule has 0 aliphatic carbocycles. The second-order valence-electron chi connectivity index (χ2n) is 6.66. The number of aromatic nitrogens is 4. The van der Waals surface area contributed by atoms with Crippen LogP contribution in [-0.2, 0) is 4.74 Å². The van der Waals surface area contributed by atoms with E-state index in [9.17, 15) is 0 Å². The largest absolute Gasteiger partial charge is 0.374 e. The average molecular weight is 365 g/mol. The van der Waals surface area contributed by atoms with Gasteiger partial charge in [-0.3, -0.25) is 4.98 Å². The highest BCUT2D eigenvalue weighted by Gasteiger charge is 2.15. The van der Waals surface area contributed by atoms with E-state index in [1.165, 1.54) is 0 Å². The Hall–Kier alpha value is -2.84. The number of hydrogen-bond donors (Lipinski definition) is 2. The monoisotopic (exact) mass is 365 g/mol. The van der Waals surface area contributed by atoms with Crippen LogP contribution in [0.3, 0.4) is 0 Å². The molecule has 0 aromatic carbocycles. The van der Waals surface area contributed by atoms with Crippen LogP contribution in [-0.4, -0.2) is 66.4 Å². The van der Waals surface area contributed by atoms with Crippen molar-refractivity contribution in [2.75, 3.05) is 50.6 Å². The van der Waals surface area contributed by atoms with Crippen LogP contribution in [0.25, 0.3) is 22.3 Å². The summed E-state index contributed by atoms with van der Waals surface area (Å²) in [4.78, 5) is 20.1. The molecule has 4 heterocycles. The van der Waals surface area contributed by atoms with Gasteiger partial charge >= 0.3 is 0 Å². The molecule has 140 valence electrons. The van der Waals surface area contributed by atoms with E-state index in [0.29, 0.717) is 12.4 Å². The summed E-state index contributed by atoms with van der Waals surface area (Å²) in [6.07, 6.45) is 5.31. The van der Waals surface area contributed by atoms with Crippen molar-refractivity contribution in [2.45, 2.75) is 6.10 Å². The van der Waals surface area contributed by atoms with Crippen LogP contribution < -0.4 is 15.5 Å². The Morgan fingerprint density at radius 2 is 2.11 bits per heavy atom. The molecule has 0 spiro atoms. The van der Waals surface area contributed by atoms with Gasteiger partial charge in [0.1, 0.15) is 11.3 Å². The summed E-state index contributed by atoms with van der Waals surface area (Å²) in [5, 5.41) is 6.72. The first kappa shape index (κ1) is 17.6. The number of nitrogens with one attached hydrogen (secondary N) is 2.